The van der Waals surface area contributed by atoms with Crippen molar-refractivity contribution in [3.8, 4) is 0 Å². The zero-order valence-electron chi connectivity index (χ0n) is 10.7. The van der Waals surface area contributed by atoms with E-state index in [-0.39, 0.29) is 0 Å². The molecule has 0 bridgehead atoms. The number of amides is 1. The van der Waals surface area contributed by atoms with Gasteiger partial charge in [0.05, 0.1) is 5.97 Å². The Morgan fingerprint density at radius 3 is 2.41 bits per heavy atom. The highest BCUT2D eigenvalue weighted by Gasteiger charge is 2.15. The molecule has 0 fully saturated rings. The molecule has 0 aliphatic heterocycles. The molecule has 0 saturated heterocycles. The smallest absolute Gasteiger partial charge is 0.407 e. The van der Waals surface area contributed by atoms with E-state index in [1.54, 1.807) is 20.8 Å². The average Bonchev–Trinajstić information content (AvgIpc) is 2.13. The molecule has 0 aliphatic carbocycles. The number of aliphatic carboxylic acids is 1. The maximum atomic E-state index is 11.2. The summed E-state index contributed by atoms with van der Waals surface area (Å²) in [6, 6.07) is -0.684. The van der Waals surface area contributed by atoms with Crippen LogP contribution in [0.2, 0.25) is 0 Å². The van der Waals surface area contributed by atoms with Crippen molar-refractivity contribution in [3.05, 3.63) is 0 Å². The van der Waals surface area contributed by atoms with Crippen LogP contribution in [0.15, 0.2) is 0 Å². The second-order valence-electron chi connectivity index (χ2n) is 4.94. The van der Waals surface area contributed by atoms with E-state index < -0.39 is 23.7 Å². The van der Waals surface area contributed by atoms with Gasteiger partial charge in [-0.05, 0) is 33.6 Å². The fourth-order valence-electron chi connectivity index (χ4n) is 1.14. The van der Waals surface area contributed by atoms with Crippen LogP contribution in [0, 0.1) is 0 Å². The van der Waals surface area contributed by atoms with Crippen molar-refractivity contribution >= 4 is 12.1 Å². The molecule has 6 heteroatoms. The predicted molar refractivity (Wildman–Crippen MR) is 59.8 cm³/mol. The molecule has 4 N–H and O–H groups in total. The molecule has 0 radical (unpaired) electrons. The van der Waals surface area contributed by atoms with Gasteiger partial charge in [0, 0.05) is 13.0 Å². The maximum Gasteiger partial charge on any atom is 0.407 e. The van der Waals surface area contributed by atoms with Crippen LogP contribution in [-0.2, 0) is 9.53 Å². The van der Waals surface area contributed by atoms with Crippen LogP contribution < -0.4 is 16.2 Å². The summed E-state index contributed by atoms with van der Waals surface area (Å²) in [5, 5.41) is 13.0. The van der Waals surface area contributed by atoms with E-state index >= 15 is 0 Å². The van der Waals surface area contributed by atoms with Crippen LogP contribution >= 0.6 is 0 Å². The molecule has 0 spiro atoms. The largest absolute Gasteiger partial charge is 0.544 e. The summed E-state index contributed by atoms with van der Waals surface area (Å²) in [6.07, 6.45) is 1.37. The van der Waals surface area contributed by atoms with E-state index in [4.69, 9.17) is 4.74 Å². The van der Waals surface area contributed by atoms with E-state index in [2.05, 4.69) is 11.1 Å². The standard InChI is InChI=1S/C11H22N2O4/c1-11(2,3)17-10(16)13-7-5-4-6-8(12)9(14)15/h8H,4-7,12H2,1-3H3,(H,13,16)(H,14,15)/t8-/m1/s1. The lowest BCUT2D eigenvalue weighted by Crippen LogP contribution is -2.68. The molecule has 0 rings (SSSR count). The number of hydrogen-bond donors (Lipinski definition) is 2. The SMILES string of the molecule is CC(C)(C)OC(=O)NCCCC[C@@H]([NH3+])C(=O)[O-]. The normalized spacial score (nSPS) is 12.9. The summed E-state index contributed by atoms with van der Waals surface area (Å²) in [4.78, 5) is 21.6. The third-order valence-electron chi connectivity index (χ3n) is 1.98. The predicted octanol–water partition coefficient (Wildman–Crippen LogP) is -0.958. The fourth-order valence-corrected chi connectivity index (χ4v) is 1.14. The molecule has 0 heterocycles. The third-order valence-corrected chi connectivity index (χ3v) is 1.98. The summed E-state index contributed by atoms with van der Waals surface area (Å²) in [6.45, 7) is 5.84. The fraction of sp³-hybridized carbons (Fsp3) is 0.818. The topological polar surface area (TPSA) is 106 Å². The van der Waals surface area contributed by atoms with Gasteiger partial charge >= 0.3 is 6.09 Å². The third kappa shape index (κ3) is 9.62. The number of nitrogens with one attached hydrogen (secondary N) is 1. The van der Waals surface area contributed by atoms with Gasteiger partial charge in [-0.3, -0.25) is 0 Å². The Morgan fingerprint density at radius 1 is 1.35 bits per heavy atom. The molecule has 0 unspecified atom stereocenters. The van der Waals surface area contributed by atoms with Crippen molar-refractivity contribution in [3.63, 3.8) is 0 Å². The van der Waals surface area contributed by atoms with Crippen LogP contribution in [0.25, 0.3) is 0 Å². The Kier molecular flexibility index (Phi) is 6.57. The molecular weight excluding hydrogens is 224 g/mol. The highest BCUT2D eigenvalue weighted by molar-refractivity contribution is 5.69. The quantitative estimate of drug-likeness (QED) is 0.589. The van der Waals surface area contributed by atoms with Crippen LogP contribution in [0.3, 0.4) is 0 Å². The minimum atomic E-state index is -1.13. The van der Waals surface area contributed by atoms with Gasteiger partial charge in [-0.25, -0.2) is 4.79 Å². The second-order valence-corrected chi connectivity index (χ2v) is 4.94. The van der Waals surface area contributed by atoms with E-state index in [1.807, 2.05) is 0 Å². The molecule has 0 aromatic heterocycles. The molecule has 1 amide bonds. The number of hydrogen-bond acceptors (Lipinski definition) is 4. The Balaban J connectivity index is 3.52. The Hall–Kier alpha value is -1.30. The molecule has 6 nitrogen and oxygen atoms in total. The van der Waals surface area contributed by atoms with E-state index in [9.17, 15) is 14.7 Å². The lowest BCUT2D eigenvalue weighted by Gasteiger charge is -2.19. The first kappa shape index (κ1) is 15.7. The lowest BCUT2D eigenvalue weighted by molar-refractivity contribution is -0.438. The summed E-state index contributed by atoms with van der Waals surface area (Å²) < 4.78 is 5.04. The summed E-state index contributed by atoms with van der Waals surface area (Å²) in [7, 11) is 0. The number of carbonyl (C=O) groups is 2. The summed E-state index contributed by atoms with van der Waals surface area (Å²) in [5.41, 5.74) is 2.94. The number of carboxylic acids is 1. The number of carbonyl (C=O) groups excluding carboxylic acids is 2. The molecule has 1 atom stereocenters. The van der Waals surface area contributed by atoms with Crippen molar-refractivity contribution in [2.75, 3.05) is 6.54 Å². The Bertz CT molecular complexity index is 261. The van der Waals surface area contributed by atoms with Crippen molar-refractivity contribution in [2.24, 2.45) is 0 Å². The molecule has 17 heavy (non-hydrogen) atoms. The molecule has 0 saturated carbocycles. The molecule has 0 aliphatic rings. The van der Waals surface area contributed by atoms with Crippen molar-refractivity contribution in [1.82, 2.24) is 5.32 Å². The van der Waals surface area contributed by atoms with E-state index in [1.165, 1.54) is 0 Å². The minimum absolute atomic E-state index is 0.455. The first-order chi connectivity index (χ1) is 7.72. The maximum absolute atomic E-state index is 11.2. The van der Waals surface area contributed by atoms with Crippen molar-refractivity contribution in [1.29, 1.82) is 0 Å². The van der Waals surface area contributed by atoms with Crippen LogP contribution in [0.1, 0.15) is 40.0 Å². The zero-order valence-corrected chi connectivity index (χ0v) is 10.7. The summed E-state index contributed by atoms with van der Waals surface area (Å²) >= 11 is 0. The van der Waals surface area contributed by atoms with Gasteiger partial charge in [0.25, 0.3) is 0 Å². The van der Waals surface area contributed by atoms with Crippen LogP contribution in [0.5, 0.6) is 0 Å². The van der Waals surface area contributed by atoms with E-state index in [0.29, 0.717) is 25.8 Å². The molecular formula is C11H22N2O4. The van der Waals surface area contributed by atoms with Crippen LogP contribution in [-0.4, -0.2) is 30.3 Å². The second kappa shape index (κ2) is 7.11. The van der Waals surface area contributed by atoms with Gasteiger partial charge in [0.1, 0.15) is 11.6 Å². The zero-order chi connectivity index (χ0) is 13.5. The molecule has 100 valence electrons. The Labute approximate surface area is 102 Å². The average molecular weight is 246 g/mol. The van der Waals surface area contributed by atoms with Crippen molar-refractivity contribution < 1.29 is 25.2 Å². The number of ether oxygens (including phenoxy) is 1. The van der Waals surface area contributed by atoms with Gasteiger partial charge in [-0.1, -0.05) is 0 Å². The van der Waals surface area contributed by atoms with Gasteiger partial charge < -0.3 is 25.7 Å². The van der Waals surface area contributed by atoms with Crippen LogP contribution in [0.4, 0.5) is 4.79 Å². The number of alkyl carbamates (subject to hydrolysis) is 1. The number of unbranched alkanes of at least 4 members (excludes halogenated alkanes) is 1. The van der Waals surface area contributed by atoms with Gasteiger partial charge in [0.15, 0.2) is 0 Å². The Morgan fingerprint density at radius 2 is 1.94 bits per heavy atom. The highest BCUT2D eigenvalue weighted by atomic mass is 16.6. The molecule has 0 aromatic carbocycles. The minimum Gasteiger partial charge on any atom is -0.544 e. The van der Waals surface area contributed by atoms with Gasteiger partial charge in [0.2, 0.25) is 0 Å². The van der Waals surface area contributed by atoms with E-state index in [0.717, 1.165) is 0 Å². The monoisotopic (exact) mass is 246 g/mol. The number of quaternary nitrogens is 1. The first-order valence-corrected chi connectivity index (χ1v) is 5.73. The highest BCUT2D eigenvalue weighted by Crippen LogP contribution is 2.06. The van der Waals surface area contributed by atoms with Gasteiger partial charge in [-0.15, -0.1) is 0 Å². The van der Waals surface area contributed by atoms with Crippen molar-refractivity contribution in [2.45, 2.75) is 51.7 Å². The lowest BCUT2D eigenvalue weighted by atomic mass is 10.1. The van der Waals surface area contributed by atoms with Gasteiger partial charge in [-0.2, -0.15) is 0 Å². The summed E-state index contributed by atoms with van der Waals surface area (Å²) in [5.74, 6) is -1.13. The number of rotatable bonds is 6. The first-order valence-electron chi connectivity index (χ1n) is 5.73. The molecule has 0 aromatic rings. The number of carboxylic acid groups (broad SMARTS) is 1.